The van der Waals surface area contributed by atoms with E-state index < -0.39 is 0 Å². The van der Waals surface area contributed by atoms with Gasteiger partial charge in [-0.1, -0.05) is 59.1 Å². The van der Waals surface area contributed by atoms with E-state index in [9.17, 15) is 0 Å². The van der Waals surface area contributed by atoms with Crippen molar-refractivity contribution in [3.8, 4) is 0 Å². The lowest BCUT2D eigenvalue weighted by Crippen LogP contribution is -2.31. The average Bonchev–Trinajstić information content (AvgIpc) is 2.26. The molecule has 0 aromatic rings. The summed E-state index contributed by atoms with van der Waals surface area (Å²) in [7, 11) is 3.10. The fraction of sp³-hybridized carbons (Fsp3) is 0.867. The van der Waals surface area contributed by atoms with Gasteiger partial charge in [0.25, 0.3) is 0 Å². The number of allylic oxidation sites excluding steroid dienone is 2. The third-order valence-corrected chi connectivity index (χ3v) is 5.83. The molecule has 1 rings (SSSR count). The van der Waals surface area contributed by atoms with Gasteiger partial charge in [0.1, 0.15) is 0 Å². The molecule has 0 aromatic carbocycles. The SMILES string of the molecule is CC(C)C(P)(C=CC1CCCCC1)C(C)C. The lowest BCUT2D eigenvalue weighted by atomic mass is 9.81. The number of hydrogen-bond donors (Lipinski definition) is 0. The Morgan fingerprint density at radius 3 is 1.94 bits per heavy atom. The van der Waals surface area contributed by atoms with Crippen molar-refractivity contribution in [1.29, 1.82) is 0 Å². The Morgan fingerprint density at radius 2 is 1.50 bits per heavy atom. The van der Waals surface area contributed by atoms with Crippen LogP contribution in [0.5, 0.6) is 0 Å². The molecule has 1 atom stereocenters. The topological polar surface area (TPSA) is 0 Å². The molecular weight excluding hydrogens is 211 g/mol. The highest BCUT2D eigenvalue weighted by Gasteiger charge is 2.29. The molecule has 1 heteroatoms. The van der Waals surface area contributed by atoms with Crippen LogP contribution >= 0.6 is 9.24 Å². The summed E-state index contributed by atoms with van der Waals surface area (Å²) >= 11 is 0. The maximum atomic E-state index is 3.10. The van der Waals surface area contributed by atoms with Gasteiger partial charge in [-0.2, -0.15) is 0 Å². The molecule has 0 spiro atoms. The molecule has 0 N–H and O–H groups in total. The van der Waals surface area contributed by atoms with Gasteiger partial charge in [-0.25, -0.2) is 0 Å². The van der Waals surface area contributed by atoms with Gasteiger partial charge < -0.3 is 0 Å². The van der Waals surface area contributed by atoms with E-state index in [1.54, 1.807) is 0 Å². The van der Waals surface area contributed by atoms with Gasteiger partial charge in [-0.05, 0) is 30.6 Å². The molecule has 0 radical (unpaired) electrons. The second kappa shape index (κ2) is 6.20. The van der Waals surface area contributed by atoms with E-state index in [4.69, 9.17) is 0 Å². The van der Waals surface area contributed by atoms with Crippen molar-refractivity contribution in [3.63, 3.8) is 0 Å². The molecule has 1 saturated carbocycles. The van der Waals surface area contributed by atoms with Crippen molar-refractivity contribution in [1.82, 2.24) is 0 Å². The van der Waals surface area contributed by atoms with Crippen LogP contribution in [0.25, 0.3) is 0 Å². The predicted molar refractivity (Wildman–Crippen MR) is 77.8 cm³/mol. The summed E-state index contributed by atoms with van der Waals surface area (Å²) < 4.78 is 0. The van der Waals surface area contributed by atoms with Crippen molar-refractivity contribution in [3.05, 3.63) is 12.2 Å². The third-order valence-electron chi connectivity index (χ3n) is 4.31. The second-order valence-electron chi connectivity index (χ2n) is 6.07. The molecule has 0 aromatic heterocycles. The maximum Gasteiger partial charge on any atom is 0.00727 e. The zero-order chi connectivity index (χ0) is 12.2. The quantitative estimate of drug-likeness (QED) is 0.476. The average molecular weight is 240 g/mol. The van der Waals surface area contributed by atoms with Gasteiger partial charge in [-0.3, -0.25) is 0 Å². The molecule has 0 heterocycles. The highest BCUT2D eigenvalue weighted by Crippen LogP contribution is 2.38. The van der Waals surface area contributed by atoms with Crippen LogP contribution in [0.4, 0.5) is 0 Å². The maximum absolute atomic E-state index is 3.10. The van der Waals surface area contributed by atoms with Crippen LogP contribution in [-0.2, 0) is 0 Å². The van der Waals surface area contributed by atoms with Gasteiger partial charge in [0, 0.05) is 5.16 Å². The molecule has 1 aliphatic rings. The van der Waals surface area contributed by atoms with Crippen LogP contribution in [0.3, 0.4) is 0 Å². The Kier molecular flexibility index (Phi) is 5.51. The van der Waals surface area contributed by atoms with Crippen molar-refractivity contribution in [2.75, 3.05) is 0 Å². The highest BCUT2D eigenvalue weighted by atomic mass is 31.0. The molecule has 1 unspecified atom stereocenters. The van der Waals surface area contributed by atoms with Crippen molar-refractivity contribution >= 4 is 9.24 Å². The summed E-state index contributed by atoms with van der Waals surface area (Å²) in [5, 5.41) is 0.289. The van der Waals surface area contributed by atoms with E-state index in [-0.39, 0.29) is 5.16 Å². The first-order valence-corrected chi connectivity index (χ1v) is 7.52. The van der Waals surface area contributed by atoms with Crippen molar-refractivity contribution in [2.45, 2.75) is 65.0 Å². The predicted octanol–water partition coefficient (Wildman–Crippen LogP) is 5.05. The van der Waals surface area contributed by atoms with Gasteiger partial charge in [0.05, 0.1) is 0 Å². The normalized spacial score (nSPS) is 20.2. The zero-order valence-corrected chi connectivity index (χ0v) is 12.7. The van der Waals surface area contributed by atoms with E-state index in [0.29, 0.717) is 11.8 Å². The van der Waals surface area contributed by atoms with Crippen LogP contribution in [0.1, 0.15) is 59.8 Å². The van der Waals surface area contributed by atoms with Crippen LogP contribution in [0.2, 0.25) is 0 Å². The molecule has 0 bridgehead atoms. The Morgan fingerprint density at radius 1 is 1.00 bits per heavy atom. The summed E-state index contributed by atoms with van der Waals surface area (Å²) in [6.07, 6.45) is 12.1. The molecule has 1 aliphatic carbocycles. The minimum absolute atomic E-state index is 0.289. The Bertz CT molecular complexity index is 214. The van der Waals surface area contributed by atoms with Gasteiger partial charge >= 0.3 is 0 Å². The van der Waals surface area contributed by atoms with E-state index in [2.05, 4.69) is 49.1 Å². The van der Waals surface area contributed by atoms with Gasteiger partial charge in [0.2, 0.25) is 0 Å². The van der Waals surface area contributed by atoms with Crippen LogP contribution in [0.15, 0.2) is 12.2 Å². The highest BCUT2D eigenvalue weighted by molar-refractivity contribution is 7.19. The van der Waals surface area contributed by atoms with E-state index >= 15 is 0 Å². The lowest BCUT2D eigenvalue weighted by Gasteiger charge is -2.35. The molecule has 16 heavy (non-hydrogen) atoms. The standard InChI is InChI=1S/C15H29P/c1-12(2)15(16,13(3)4)11-10-14-8-6-5-7-9-14/h10-14H,5-9,16H2,1-4H3. The van der Waals surface area contributed by atoms with E-state index in [1.165, 1.54) is 32.1 Å². The van der Waals surface area contributed by atoms with E-state index in [1.807, 2.05) is 0 Å². The summed E-state index contributed by atoms with van der Waals surface area (Å²) in [5.74, 6) is 2.24. The Balaban J connectivity index is 2.63. The van der Waals surface area contributed by atoms with Crippen molar-refractivity contribution < 1.29 is 0 Å². The smallest absolute Gasteiger partial charge is 0.00727 e. The molecular formula is C15H29P. The first-order valence-electron chi connectivity index (χ1n) is 6.95. The molecule has 94 valence electrons. The molecule has 0 aliphatic heterocycles. The van der Waals surface area contributed by atoms with Crippen LogP contribution in [0, 0.1) is 17.8 Å². The summed E-state index contributed by atoms with van der Waals surface area (Å²) in [6, 6.07) is 0. The minimum atomic E-state index is 0.289. The lowest BCUT2D eigenvalue weighted by molar-refractivity contribution is 0.386. The van der Waals surface area contributed by atoms with Gasteiger partial charge in [0.15, 0.2) is 0 Å². The first kappa shape index (κ1) is 14.2. The molecule has 0 saturated heterocycles. The zero-order valence-electron chi connectivity index (χ0n) is 11.5. The molecule has 1 fully saturated rings. The third kappa shape index (κ3) is 3.59. The Labute approximate surface area is 104 Å². The van der Waals surface area contributed by atoms with Crippen molar-refractivity contribution in [2.24, 2.45) is 17.8 Å². The van der Waals surface area contributed by atoms with Gasteiger partial charge in [-0.15, -0.1) is 9.24 Å². The monoisotopic (exact) mass is 240 g/mol. The fourth-order valence-corrected chi connectivity index (χ4v) is 2.79. The largest absolute Gasteiger partial charge is 0.126 e. The summed E-state index contributed by atoms with van der Waals surface area (Å²) in [5.41, 5.74) is 0. The van der Waals surface area contributed by atoms with Crippen LogP contribution < -0.4 is 0 Å². The van der Waals surface area contributed by atoms with E-state index in [0.717, 1.165) is 5.92 Å². The number of rotatable bonds is 4. The van der Waals surface area contributed by atoms with Crippen LogP contribution in [-0.4, -0.2) is 5.16 Å². The first-order chi connectivity index (χ1) is 7.47. The molecule has 0 amide bonds. The summed E-state index contributed by atoms with van der Waals surface area (Å²) in [6.45, 7) is 9.33. The fourth-order valence-electron chi connectivity index (χ4n) is 2.68. The Hall–Kier alpha value is 0.170. The second-order valence-corrected chi connectivity index (χ2v) is 7.07. The minimum Gasteiger partial charge on any atom is -0.126 e. The summed E-state index contributed by atoms with van der Waals surface area (Å²) in [4.78, 5) is 0. The molecule has 0 nitrogen and oxygen atoms in total. The number of hydrogen-bond acceptors (Lipinski definition) is 0.